The predicted molar refractivity (Wildman–Crippen MR) is 59.9 cm³/mol. The maximum absolute atomic E-state index is 12.3. The van der Waals surface area contributed by atoms with Gasteiger partial charge in [-0.15, -0.1) is 0 Å². The van der Waals surface area contributed by atoms with E-state index in [2.05, 4.69) is 10.6 Å². The highest BCUT2D eigenvalue weighted by atomic mass is 19.4. The molecule has 0 radical (unpaired) electrons. The molecule has 1 aliphatic rings. The molecule has 18 heavy (non-hydrogen) atoms. The van der Waals surface area contributed by atoms with Crippen molar-refractivity contribution in [1.82, 2.24) is 10.6 Å². The third kappa shape index (κ3) is 2.82. The lowest BCUT2D eigenvalue weighted by atomic mass is 10.1. The van der Waals surface area contributed by atoms with Crippen LogP contribution in [-0.4, -0.2) is 18.9 Å². The van der Waals surface area contributed by atoms with Crippen LogP contribution < -0.4 is 10.6 Å². The molecular formula is C12H11F3N2O. The molecule has 1 heterocycles. The molecule has 1 saturated heterocycles. The third-order valence-corrected chi connectivity index (χ3v) is 2.53. The third-order valence-electron chi connectivity index (χ3n) is 2.53. The summed E-state index contributed by atoms with van der Waals surface area (Å²) in [6, 6.07) is 4.16. The van der Waals surface area contributed by atoms with Gasteiger partial charge in [0.15, 0.2) is 5.78 Å². The van der Waals surface area contributed by atoms with E-state index in [1.165, 1.54) is 18.2 Å². The van der Waals surface area contributed by atoms with Gasteiger partial charge in [-0.25, -0.2) is 0 Å². The minimum atomic E-state index is -4.38. The van der Waals surface area contributed by atoms with Crippen molar-refractivity contribution in [3.63, 3.8) is 0 Å². The Kier molecular flexibility index (Phi) is 3.27. The van der Waals surface area contributed by atoms with Gasteiger partial charge >= 0.3 is 6.18 Å². The molecule has 0 amide bonds. The maximum Gasteiger partial charge on any atom is 0.416 e. The molecule has 0 bridgehead atoms. The van der Waals surface area contributed by atoms with Crippen LogP contribution in [0.15, 0.2) is 36.2 Å². The highest BCUT2D eigenvalue weighted by Gasteiger charge is 2.30. The number of hydrogen-bond donors (Lipinski definition) is 2. The van der Waals surface area contributed by atoms with Crippen LogP contribution in [0.25, 0.3) is 0 Å². The predicted octanol–water partition coefficient (Wildman–Crippen LogP) is 1.92. The Balaban J connectivity index is 2.14. The summed E-state index contributed by atoms with van der Waals surface area (Å²) in [5.74, 6) is 0.264. The zero-order valence-corrected chi connectivity index (χ0v) is 9.34. The lowest BCUT2D eigenvalue weighted by Crippen LogP contribution is -2.12. The van der Waals surface area contributed by atoms with E-state index >= 15 is 0 Å². The molecule has 0 saturated carbocycles. The molecule has 0 unspecified atom stereocenters. The highest BCUT2D eigenvalue weighted by Crippen LogP contribution is 2.29. The topological polar surface area (TPSA) is 41.1 Å². The van der Waals surface area contributed by atoms with E-state index in [4.69, 9.17) is 0 Å². The molecule has 2 rings (SSSR count). The number of hydrogen-bond acceptors (Lipinski definition) is 3. The zero-order valence-electron chi connectivity index (χ0n) is 9.34. The van der Waals surface area contributed by atoms with Crippen LogP contribution >= 0.6 is 0 Å². The Morgan fingerprint density at radius 2 is 1.67 bits per heavy atom. The molecule has 0 aromatic heterocycles. The van der Waals surface area contributed by atoms with Gasteiger partial charge in [-0.3, -0.25) is 4.79 Å². The van der Waals surface area contributed by atoms with Gasteiger partial charge in [0.2, 0.25) is 0 Å². The Labute approximate surface area is 102 Å². The van der Waals surface area contributed by atoms with Crippen LogP contribution in [0.4, 0.5) is 13.2 Å². The average Bonchev–Trinajstić information content (AvgIpc) is 2.81. The van der Waals surface area contributed by atoms with E-state index in [-0.39, 0.29) is 11.3 Å². The lowest BCUT2D eigenvalue weighted by Gasteiger charge is -2.06. The summed E-state index contributed by atoms with van der Waals surface area (Å²) in [4.78, 5) is 11.7. The van der Waals surface area contributed by atoms with Gasteiger partial charge in [0, 0.05) is 24.7 Å². The van der Waals surface area contributed by atoms with Gasteiger partial charge in [-0.05, 0) is 12.1 Å². The summed E-state index contributed by atoms with van der Waals surface area (Å²) >= 11 is 0. The lowest BCUT2D eigenvalue weighted by molar-refractivity contribution is -0.137. The van der Waals surface area contributed by atoms with Crippen LogP contribution in [0.2, 0.25) is 0 Å². The Morgan fingerprint density at radius 1 is 1.11 bits per heavy atom. The van der Waals surface area contributed by atoms with Gasteiger partial charge in [0.25, 0.3) is 0 Å². The van der Waals surface area contributed by atoms with E-state index in [0.717, 1.165) is 25.2 Å². The largest absolute Gasteiger partial charge is 0.416 e. The summed E-state index contributed by atoms with van der Waals surface area (Å²) < 4.78 is 37.0. The molecule has 0 atom stereocenters. The SMILES string of the molecule is O=C(C=C1NCCN1)c1ccc(C(F)(F)F)cc1. The summed E-state index contributed by atoms with van der Waals surface area (Å²) in [7, 11) is 0. The van der Waals surface area contributed by atoms with Gasteiger partial charge in [0.1, 0.15) is 5.82 Å². The Morgan fingerprint density at radius 3 is 2.17 bits per heavy atom. The van der Waals surface area contributed by atoms with Crippen molar-refractivity contribution in [3.8, 4) is 0 Å². The van der Waals surface area contributed by atoms with Crippen LogP contribution in [0.5, 0.6) is 0 Å². The zero-order chi connectivity index (χ0) is 13.2. The molecule has 2 N–H and O–H groups in total. The molecule has 0 spiro atoms. The first-order chi connectivity index (χ1) is 8.47. The van der Waals surface area contributed by atoms with Crippen LogP contribution in [0, 0.1) is 0 Å². The van der Waals surface area contributed by atoms with Gasteiger partial charge in [0.05, 0.1) is 5.56 Å². The number of carbonyl (C=O) groups excluding carboxylic acids is 1. The second kappa shape index (κ2) is 4.72. The van der Waals surface area contributed by atoms with Crippen molar-refractivity contribution in [1.29, 1.82) is 0 Å². The first kappa shape index (κ1) is 12.5. The second-order valence-electron chi connectivity index (χ2n) is 3.85. The molecule has 1 fully saturated rings. The molecule has 3 nitrogen and oxygen atoms in total. The van der Waals surface area contributed by atoms with Crippen molar-refractivity contribution < 1.29 is 18.0 Å². The van der Waals surface area contributed by atoms with Crippen molar-refractivity contribution in [2.24, 2.45) is 0 Å². The monoisotopic (exact) mass is 256 g/mol. The van der Waals surface area contributed by atoms with Crippen LogP contribution in [0.3, 0.4) is 0 Å². The summed E-state index contributed by atoms with van der Waals surface area (Å²) in [5, 5.41) is 5.88. The van der Waals surface area contributed by atoms with Crippen LogP contribution in [-0.2, 0) is 6.18 Å². The smallest absolute Gasteiger partial charge is 0.370 e. The van der Waals surface area contributed by atoms with Crippen molar-refractivity contribution in [2.75, 3.05) is 13.1 Å². The molecular weight excluding hydrogens is 245 g/mol. The summed E-state index contributed by atoms with van der Waals surface area (Å²) in [5.41, 5.74) is -0.533. The van der Waals surface area contributed by atoms with Crippen LogP contribution in [0.1, 0.15) is 15.9 Å². The molecule has 1 aromatic rings. The maximum atomic E-state index is 12.3. The molecule has 0 aliphatic carbocycles. The van der Waals surface area contributed by atoms with Gasteiger partial charge in [-0.2, -0.15) is 13.2 Å². The average molecular weight is 256 g/mol. The number of benzene rings is 1. The normalized spacial score (nSPS) is 14.9. The molecule has 1 aromatic carbocycles. The summed E-state index contributed by atoms with van der Waals surface area (Å²) in [6.07, 6.45) is -3.04. The fourth-order valence-electron chi connectivity index (χ4n) is 1.60. The van der Waals surface area contributed by atoms with Crippen molar-refractivity contribution in [3.05, 3.63) is 47.3 Å². The quantitative estimate of drug-likeness (QED) is 0.627. The van der Waals surface area contributed by atoms with Gasteiger partial charge in [-0.1, -0.05) is 12.1 Å². The Bertz CT molecular complexity index is 469. The minimum absolute atomic E-state index is 0.228. The van der Waals surface area contributed by atoms with E-state index in [9.17, 15) is 18.0 Å². The van der Waals surface area contributed by atoms with Crippen molar-refractivity contribution >= 4 is 5.78 Å². The fourth-order valence-corrected chi connectivity index (χ4v) is 1.60. The number of ketones is 1. The number of rotatable bonds is 2. The summed E-state index contributed by atoms with van der Waals surface area (Å²) in [6.45, 7) is 1.46. The number of halogens is 3. The Hall–Kier alpha value is -1.98. The molecule has 1 aliphatic heterocycles. The highest BCUT2D eigenvalue weighted by molar-refractivity contribution is 6.04. The molecule has 6 heteroatoms. The second-order valence-corrected chi connectivity index (χ2v) is 3.85. The number of allylic oxidation sites excluding steroid dienone is 1. The minimum Gasteiger partial charge on any atom is -0.370 e. The van der Waals surface area contributed by atoms with E-state index in [1.807, 2.05) is 0 Å². The standard InChI is InChI=1S/C12H11F3N2O/c13-12(14,15)9-3-1-8(2-4-9)10(18)7-11-16-5-6-17-11/h1-4,7,16-17H,5-6H2. The molecule has 96 valence electrons. The first-order valence-electron chi connectivity index (χ1n) is 5.38. The van der Waals surface area contributed by atoms with Gasteiger partial charge < -0.3 is 10.6 Å². The number of alkyl halides is 3. The van der Waals surface area contributed by atoms with Crippen molar-refractivity contribution in [2.45, 2.75) is 6.18 Å². The first-order valence-corrected chi connectivity index (χ1v) is 5.38. The fraction of sp³-hybridized carbons (Fsp3) is 0.250. The number of carbonyl (C=O) groups is 1. The van der Waals surface area contributed by atoms with E-state index in [1.54, 1.807) is 0 Å². The van der Waals surface area contributed by atoms with E-state index < -0.39 is 11.7 Å². The number of nitrogens with one attached hydrogen (secondary N) is 2. The van der Waals surface area contributed by atoms with E-state index in [0.29, 0.717) is 5.82 Å².